The van der Waals surface area contributed by atoms with Crippen molar-refractivity contribution < 1.29 is 19.6 Å². The molecule has 0 saturated heterocycles. The zero-order valence-corrected chi connectivity index (χ0v) is 16.2. The Labute approximate surface area is 171 Å². The summed E-state index contributed by atoms with van der Waals surface area (Å²) in [6.07, 6.45) is 2.52. The molecule has 0 bridgehead atoms. The molecule has 0 radical (unpaired) electrons. The van der Waals surface area contributed by atoms with Crippen LogP contribution in [-0.4, -0.2) is 43.5 Å². The van der Waals surface area contributed by atoms with Crippen molar-refractivity contribution in [1.82, 2.24) is 20.2 Å². The fourth-order valence-electron chi connectivity index (χ4n) is 2.20. The molecule has 0 spiro atoms. The molecule has 2 aromatic carbocycles. The predicted octanol–water partition coefficient (Wildman–Crippen LogP) is 2.17. The van der Waals surface area contributed by atoms with Crippen molar-refractivity contribution in [2.75, 3.05) is 6.61 Å². The maximum absolute atomic E-state index is 11.8. The summed E-state index contributed by atoms with van der Waals surface area (Å²) in [5, 5.41) is 28.5. The molecule has 12 heteroatoms. The Balaban J connectivity index is 1.56. The summed E-state index contributed by atoms with van der Waals surface area (Å²) >= 11 is 3.11. The van der Waals surface area contributed by atoms with E-state index in [1.54, 1.807) is 0 Å². The van der Waals surface area contributed by atoms with Gasteiger partial charge in [-0.3, -0.25) is 14.9 Å². The summed E-state index contributed by atoms with van der Waals surface area (Å²) in [6, 6.07) is 11.8. The van der Waals surface area contributed by atoms with Gasteiger partial charge in [-0.05, 0) is 18.2 Å². The molecule has 1 heterocycles. The van der Waals surface area contributed by atoms with Crippen LogP contribution in [0.25, 0.3) is 5.69 Å². The molecule has 0 fully saturated rings. The maximum Gasteiger partial charge on any atom is 0.336 e. The number of benzene rings is 2. The highest BCUT2D eigenvalue weighted by Crippen LogP contribution is 2.32. The lowest BCUT2D eigenvalue weighted by molar-refractivity contribution is -0.385. The number of nitro benzene ring substituents is 1. The molecule has 3 rings (SSSR count). The van der Waals surface area contributed by atoms with Crippen molar-refractivity contribution in [3.63, 3.8) is 0 Å². The molecule has 0 aliphatic rings. The van der Waals surface area contributed by atoms with Crippen molar-refractivity contribution in [2.24, 2.45) is 5.10 Å². The predicted molar refractivity (Wildman–Crippen MR) is 105 cm³/mol. The third kappa shape index (κ3) is 5.13. The molecule has 148 valence electrons. The average molecular weight is 461 g/mol. The molecular weight excluding hydrogens is 448 g/mol. The van der Waals surface area contributed by atoms with E-state index in [0.717, 1.165) is 18.0 Å². The fourth-order valence-corrected chi connectivity index (χ4v) is 2.66. The standard InChI is InChI=1S/C17H13BrN6O5/c18-12-6-11(16(26)14(7-12)24(27)28)8-20-21-15(25)9-29-17-19-10-23(22-17)13-4-2-1-3-5-13/h1-8,10,26H,9H2,(H,21,25)/b20-8+. The highest BCUT2D eigenvalue weighted by Gasteiger charge is 2.17. The van der Waals surface area contributed by atoms with E-state index in [4.69, 9.17) is 4.74 Å². The van der Waals surface area contributed by atoms with Gasteiger partial charge >= 0.3 is 11.7 Å². The van der Waals surface area contributed by atoms with Crippen molar-refractivity contribution in [3.8, 4) is 17.4 Å². The number of rotatable bonds is 7. The van der Waals surface area contributed by atoms with Gasteiger partial charge in [0.15, 0.2) is 6.61 Å². The lowest BCUT2D eigenvalue weighted by Crippen LogP contribution is -2.24. The number of nitrogens with one attached hydrogen (secondary N) is 1. The van der Waals surface area contributed by atoms with Crippen LogP contribution >= 0.6 is 15.9 Å². The second-order valence-electron chi connectivity index (χ2n) is 5.51. The van der Waals surface area contributed by atoms with Gasteiger partial charge in [-0.15, -0.1) is 5.10 Å². The van der Waals surface area contributed by atoms with Crippen LogP contribution < -0.4 is 10.2 Å². The summed E-state index contributed by atoms with van der Waals surface area (Å²) in [7, 11) is 0. The van der Waals surface area contributed by atoms with Crippen molar-refractivity contribution in [1.29, 1.82) is 0 Å². The van der Waals surface area contributed by atoms with Gasteiger partial charge in [0.25, 0.3) is 5.91 Å². The van der Waals surface area contributed by atoms with E-state index in [1.807, 2.05) is 30.3 Å². The Bertz CT molecular complexity index is 1070. The Kier molecular flexibility index (Phi) is 6.14. The number of hydrazone groups is 1. The van der Waals surface area contributed by atoms with Crippen LogP contribution in [0.2, 0.25) is 0 Å². The number of aromatic nitrogens is 3. The third-order valence-corrected chi connectivity index (χ3v) is 3.96. The molecule has 0 saturated carbocycles. The number of nitro groups is 1. The van der Waals surface area contributed by atoms with Crippen LogP contribution in [0.1, 0.15) is 5.56 Å². The van der Waals surface area contributed by atoms with E-state index in [1.165, 1.54) is 17.1 Å². The number of nitrogens with zero attached hydrogens (tertiary/aromatic N) is 5. The number of phenols is 1. The normalized spacial score (nSPS) is 10.8. The zero-order chi connectivity index (χ0) is 20.8. The fraction of sp³-hybridized carbons (Fsp3) is 0.0588. The monoisotopic (exact) mass is 460 g/mol. The van der Waals surface area contributed by atoms with Crippen LogP contribution in [0.4, 0.5) is 5.69 Å². The Morgan fingerprint density at radius 3 is 2.86 bits per heavy atom. The average Bonchev–Trinajstić information content (AvgIpc) is 3.18. The van der Waals surface area contributed by atoms with Gasteiger partial charge in [0, 0.05) is 16.1 Å². The SMILES string of the molecule is O=C(COc1ncn(-c2ccccc2)n1)N/N=C/c1cc(Br)cc([N+](=O)[O-])c1O. The highest BCUT2D eigenvalue weighted by molar-refractivity contribution is 9.10. The van der Waals surface area contributed by atoms with E-state index < -0.39 is 28.9 Å². The molecule has 11 nitrogen and oxygen atoms in total. The first kappa shape index (κ1) is 19.9. The second kappa shape index (κ2) is 8.93. The van der Waals surface area contributed by atoms with E-state index in [9.17, 15) is 20.0 Å². The third-order valence-electron chi connectivity index (χ3n) is 3.50. The van der Waals surface area contributed by atoms with Crippen LogP contribution in [-0.2, 0) is 4.79 Å². The number of carbonyl (C=O) groups is 1. The minimum absolute atomic E-state index is 0.00763. The highest BCUT2D eigenvalue weighted by atomic mass is 79.9. The number of phenolic OH excluding ortho intramolecular Hbond substituents is 1. The number of hydrogen-bond donors (Lipinski definition) is 2. The van der Waals surface area contributed by atoms with Crippen molar-refractivity contribution in [2.45, 2.75) is 0 Å². The smallest absolute Gasteiger partial charge is 0.336 e. The topological polar surface area (TPSA) is 145 Å². The molecule has 1 aromatic heterocycles. The van der Waals surface area contributed by atoms with Crippen LogP contribution in [0.3, 0.4) is 0 Å². The maximum atomic E-state index is 11.8. The Morgan fingerprint density at radius 2 is 2.14 bits per heavy atom. The summed E-state index contributed by atoms with van der Waals surface area (Å²) < 4.78 is 7.06. The van der Waals surface area contributed by atoms with Gasteiger partial charge in [-0.2, -0.15) is 10.1 Å². The van der Waals surface area contributed by atoms with Crippen molar-refractivity contribution in [3.05, 3.63) is 68.9 Å². The quantitative estimate of drug-likeness (QED) is 0.312. The summed E-state index contributed by atoms with van der Waals surface area (Å²) in [5.41, 5.74) is 2.53. The van der Waals surface area contributed by atoms with Crippen LogP contribution in [0.15, 0.2) is 58.4 Å². The number of ether oxygens (including phenoxy) is 1. The minimum Gasteiger partial charge on any atom is -0.502 e. The number of carbonyl (C=O) groups excluding carboxylic acids is 1. The van der Waals surface area contributed by atoms with Gasteiger partial charge in [0.05, 0.1) is 16.8 Å². The summed E-state index contributed by atoms with van der Waals surface area (Å²) in [6.45, 7) is -0.402. The number of amides is 1. The van der Waals surface area contributed by atoms with E-state index >= 15 is 0 Å². The molecule has 2 N–H and O–H groups in total. The van der Waals surface area contributed by atoms with E-state index in [0.29, 0.717) is 4.47 Å². The van der Waals surface area contributed by atoms with Crippen LogP contribution in [0, 0.1) is 10.1 Å². The number of para-hydroxylation sites is 1. The van der Waals surface area contributed by atoms with Gasteiger partial charge in [-0.25, -0.2) is 10.1 Å². The summed E-state index contributed by atoms with van der Waals surface area (Å²) in [5.74, 6) is -1.18. The molecule has 1 amide bonds. The minimum atomic E-state index is -0.731. The molecule has 0 aliphatic heterocycles. The number of aromatic hydroxyl groups is 1. The zero-order valence-electron chi connectivity index (χ0n) is 14.6. The van der Waals surface area contributed by atoms with Crippen molar-refractivity contribution >= 4 is 33.7 Å². The molecule has 0 atom stereocenters. The van der Waals surface area contributed by atoms with Gasteiger partial charge < -0.3 is 9.84 Å². The molecule has 0 aliphatic carbocycles. The van der Waals surface area contributed by atoms with Gasteiger partial charge in [0.2, 0.25) is 5.75 Å². The van der Waals surface area contributed by atoms with E-state index in [2.05, 4.69) is 36.5 Å². The molecule has 3 aromatic rings. The number of halogens is 1. The molecule has 0 unspecified atom stereocenters. The summed E-state index contributed by atoms with van der Waals surface area (Å²) in [4.78, 5) is 25.9. The second-order valence-corrected chi connectivity index (χ2v) is 6.42. The lowest BCUT2D eigenvalue weighted by atomic mass is 10.2. The van der Waals surface area contributed by atoms with Crippen LogP contribution in [0.5, 0.6) is 11.8 Å². The van der Waals surface area contributed by atoms with E-state index in [-0.39, 0.29) is 11.6 Å². The largest absolute Gasteiger partial charge is 0.502 e. The lowest BCUT2D eigenvalue weighted by Gasteiger charge is -2.03. The molecular formula is C17H13BrN6O5. The first-order chi connectivity index (χ1) is 13.9. The van der Waals surface area contributed by atoms with Gasteiger partial charge in [0.1, 0.15) is 6.33 Å². The first-order valence-electron chi connectivity index (χ1n) is 8.02. The number of hydrogen-bond acceptors (Lipinski definition) is 8. The molecule has 29 heavy (non-hydrogen) atoms. The Hall–Kier alpha value is -3.80. The first-order valence-corrected chi connectivity index (χ1v) is 8.82. The Morgan fingerprint density at radius 1 is 1.38 bits per heavy atom. The van der Waals surface area contributed by atoms with Gasteiger partial charge in [-0.1, -0.05) is 34.1 Å².